The van der Waals surface area contributed by atoms with E-state index in [-0.39, 0.29) is 11.5 Å². The molecule has 0 spiro atoms. The summed E-state index contributed by atoms with van der Waals surface area (Å²) in [5.41, 5.74) is 0.840. The van der Waals surface area contributed by atoms with Gasteiger partial charge < -0.3 is 0 Å². The predicted molar refractivity (Wildman–Crippen MR) is 64.3 cm³/mol. The maximum Gasteiger partial charge on any atom is 0.148 e. The maximum absolute atomic E-state index is 11.3. The predicted octanol–water partition coefficient (Wildman–Crippen LogP) is 2.28. The minimum atomic E-state index is 0.0992. The zero-order valence-corrected chi connectivity index (χ0v) is 9.08. The number of hydrogen-bond donors (Lipinski definition) is 1. The molecule has 0 bridgehead atoms. The second-order valence-corrected chi connectivity index (χ2v) is 3.67. The molecule has 0 saturated carbocycles. The van der Waals surface area contributed by atoms with Crippen LogP contribution in [0.15, 0.2) is 36.5 Å². The highest BCUT2D eigenvalue weighted by atomic mass is 32.1. The summed E-state index contributed by atoms with van der Waals surface area (Å²) in [6.45, 7) is 0. The first-order valence-corrected chi connectivity index (χ1v) is 5.39. The van der Waals surface area contributed by atoms with Crippen molar-refractivity contribution in [2.75, 3.05) is 5.75 Å². The van der Waals surface area contributed by atoms with Crippen molar-refractivity contribution in [3.63, 3.8) is 0 Å². The van der Waals surface area contributed by atoms with E-state index in [1.54, 1.807) is 6.20 Å². The molecular formula is C12H11NOS. The number of hydrogen-bond acceptors (Lipinski definition) is 3. The summed E-state index contributed by atoms with van der Waals surface area (Å²) in [4.78, 5) is 15.5. The lowest BCUT2D eigenvalue weighted by atomic mass is 10.1. The smallest absolute Gasteiger partial charge is 0.148 e. The molecule has 0 unspecified atom stereocenters. The highest BCUT2D eigenvalue weighted by Crippen LogP contribution is 2.16. The number of thiol groups is 1. The van der Waals surface area contributed by atoms with E-state index < -0.39 is 0 Å². The van der Waals surface area contributed by atoms with Gasteiger partial charge in [-0.15, -0.1) is 0 Å². The quantitative estimate of drug-likeness (QED) is 0.799. The number of benzene rings is 1. The second kappa shape index (κ2) is 4.45. The van der Waals surface area contributed by atoms with Gasteiger partial charge in [0.25, 0.3) is 0 Å². The average Bonchev–Trinajstić information content (AvgIpc) is 2.29. The van der Waals surface area contributed by atoms with Gasteiger partial charge in [-0.3, -0.25) is 9.78 Å². The Bertz CT molecular complexity index is 490. The summed E-state index contributed by atoms with van der Waals surface area (Å²) in [5, 5.41) is 2.17. The van der Waals surface area contributed by atoms with Gasteiger partial charge in [0.15, 0.2) is 0 Å². The third-order valence-corrected chi connectivity index (χ3v) is 2.65. The van der Waals surface area contributed by atoms with Crippen LogP contribution in [-0.2, 0) is 11.2 Å². The molecule has 0 radical (unpaired) electrons. The Morgan fingerprint density at radius 1 is 1.27 bits per heavy atom. The molecule has 0 aliphatic heterocycles. The molecule has 0 saturated heterocycles. The number of ketones is 1. The number of nitrogens with zero attached hydrogens (tertiary/aromatic N) is 1. The van der Waals surface area contributed by atoms with Gasteiger partial charge in [-0.1, -0.05) is 24.3 Å². The van der Waals surface area contributed by atoms with E-state index in [0.717, 1.165) is 16.5 Å². The normalized spacial score (nSPS) is 10.5. The minimum Gasteiger partial charge on any atom is -0.298 e. The Hall–Kier alpha value is -1.35. The molecule has 3 heteroatoms. The Morgan fingerprint density at radius 2 is 2.07 bits per heavy atom. The van der Waals surface area contributed by atoms with Crippen LogP contribution in [-0.4, -0.2) is 16.5 Å². The first-order valence-electron chi connectivity index (χ1n) is 4.76. The van der Waals surface area contributed by atoms with E-state index in [0.29, 0.717) is 6.42 Å². The number of aromatic nitrogens is 1. The Kier molecular flexibility index (Phi) is 3.02. The molecule has 0 N–H and O–H groups in total. The Labute approximate surface area is 93.7 Å². The van der Waals surface area contributed by atoms with E-state index in [1.807, 2.05) is 30.3 Å². The van der Waals surface area contributed by atoms with Crippen molar-refractivity contribution in [2.45, 2.75) is 6.42 Å². The van der Waals surface area contributed by atoms with Crippen LogP contribution in [0.1, 0.15) is 5.69 Å². The first kappa shape index (κ1) is 10.2. The van der Waals surface area contributed by atoms with Crippen LogP contribution in [0, 0.1) is 0 Å². The highest BCUT2D eigenvalue weighted by molar-refractivity contribution is 7.81. The maximum atomic E-state index is 11.3. The van der Waals surface area contributed by atoms with Crippen LogP contribution in [0.2, 0.25) is 0 Å². The van der Waals surface area contributed by atoms with Crippen LogP contribution in [0.4, 0.5) is 0 Å². The van der Waals surface area contributed by atoms with Crippen molar-refractivity contribution in [1.82, 2.24) is 4.98 Å². The monoisotopic (exact) mass is 217 g/mol. The lowest BCUT2D eigenvalue weighted by Crippen LogP contribution is -2.05. The molecular weight excluding hydrogens is 206 g/mol. The minimum absolute atomic E-state index is 0.0992. The zero-order chi connectivity index (χ0) is 10.7. The summed E-state index contributed by atoms with van der Waals surface area (Å²) in [5.74, 6) is 0.368. The van der Waals surface area contributed by atoms with E-state index in [2.05, 4.69) is 17.6 Å². The van der Waals surface area contributed by atoms with E-state index in [1.165, 1.54) is 0 Å². The Balaban J connectivity index is 2.46. The van der Waals surface area contributed by atoms with Gasteiger partial charge in [-0.25, -0.2) is 0 Å². The topological polar surface area (TPSA) is 30.0 Å². The number of Topliss-reactive ketones (excluding diaryl/α,β-unsaturated/α-hetero) is 1. The zero-order valence-electron chi connectivity index (χ0n) is 8.18. The fourth-order valence-electron chi connectivity index (χ4n) is 1.57. The lowest BCUT2D eigenvalue weighted by Gasteiger charge is -2.03. The SMILES string of the molecule is O=C(CS)Cc1nccc2ccccc12. The van der Waals surface area contributed by atoms with Crippen molar-refractivity contribution < 1.29 is 4.79 Å². The largest absolute Gasteiger partial charge is 0.298 e. The molecule has 0 amide bonds. The third-order valence-electron chi connectivity index (χ3n) is 2.30. The average molecular weight is 217 g/mol. The molecule has 2 aromatic rings. The summed E-state index contributed by atoms with van der Waals surface area (Å²) >= 11 is 3.96. The van der Waals surface area contributed by atoms with Gasteiger partial charge in [0.2, 0.25) is 0 Å². The van der Waals surface area contributed by atoms with Crippen molar-refractivity contribution in [3.8, 4) is 0 Å². The van der Waals surface area contributed by atoms with Gasteiger partial charge in [-0.05, 0) is 11.5 Å². The summed E-state index contributed by atoms with van der Waals surface area (Å²) in [7, 11) is 0. The molecule has 0 fully saturated rings. The third kappa shape index (κ3) is 2.18. The fraction of sp³-hybridized carbons (Fsp3) is 0.167. The fourth-order valence-corrected chi connectivity index (χ4v) is 1.68. The molecule has 0 aliphatic carbocycles. The number of fused-ring (bicyclic) bond motifs is 1. The molecule has 0 atom stereocenters. The van der Waals surface area contributed by atoms with Crippen LogP contribution in [0.5, 0.6) is 0 Å². The van der Waals surface area contributed by atoms with Crippen LogP contribution < -0.4 is 0 Å². The van der Waals surface area contributed by atoms with E-state index in [4.69, 9.17) is 0 Å². The Morgan fingerprint density at radius 3 is 2.87 bits per heavy atom. The molecule has 0 aliphatic rings. The molecule has 1 aromatic heterocycles. The van der Waals surface area contributed by atoms with Crippen molar-refractivity contribution >= 4 is 29.2 Å². The standard InChI is InChI=1S/C12H11NOS/c14-10(8-15)7-12-11-4-2-1-3-9(11)5-6-13-12/h1-6,15H,7-8H2. The molecule has 15 heavy (non-hydrogen) atoms. The van der Waals surface area contributed by atoms with Crippen molar-refractivity contribution in [1.29, 1.82) is 0 Å². The van der Waals surface area contributed by atoms with Gasteiger partial charge in [0, 0.05) is 17.3 Å². The number of pyridine rings is 1. The molecule has 1 aromatic carbocycles. The number of carbonyl (C=O) groups is 1. The summed E-state index contributed by atoms with van der Waals surface area (Å²) in [6, 6.07) is 9.89. The highest BCUT2D eigenvalue weighted by Gasteiger charge is 2.06. The molecule has 1 heterocycles. The van der Waals surface area contributed by atoms with Crippen molar-refractivity contribution in [2.24, 2.45) is 0 Å². The van der Waals surface area contributed by atoms with Gasteiger partial charge in [-0.2, -0.15) is 12.6 Å². The molecule has 76 valence electrons. The summed E-state index contributed by atoms with van der Waals surface area (Å²) in [6.07, 6.45) is 2.11. The first-order chi connectivity index (χ1) is 7.31. The van der Waals surface area contributed by atoms with Gasteiger partial charge in [0.05, 0.1) is 12.1 Å². The molecule has 2 rings (SSSR count). The second-order valence-electron chi connectivity index (χ2n) is 3.35. The van der Waals surface area contributed by atoms with Crippen LogP contribution >= 0.6 is 12.6 Å². The van der Waals surface area contributed by atoms with Crippen LogP contribution in [0.3, 0.4) is 0 Å². The summed E-state index contributed by atoms with van der Waals surface area (Å²) < 4.78 is 0. The van der Waals surface area contributed by atoms with Crippen molar-refractivity contribution in [3.05, 3.63) is 42.2 Å². The molecule has 2 nitrogen and oxygen atoms in total. The van der Waals surface area contributed by atoms with Gasteiger partial charge >= 0.3 is 0 Å². The van der Waals surface area contributed by atoms with Gasteiger partial charge in [0.1, 0.15) is 5.78 Å². The number of carbonyl (C=O) groups excluding carboxylic acids is 1. The van der Waals surface area contributed by atoms with E-state index in [9.17, 15) is 4.79 Å². The number of rotatable bonds is 3. The lowest BCUT2D eigenvalue weighted by molar-refractivity contribution is -0.116. The van der Waals surface area contributed by atoms with Crippen LogP contribution in [0.25, 0.3) is 10.8 Å². The van der Waals surface area contributed by atoms with E-state index >= 15 is 0 Å².